The fourth-order valence-electron chi connectivity index (χ4n) is 4.28. The van der Waals surface area contributed by atoms with E-state index in [1.54, 1.807) is 4.90 Å². The van der Waals surface area contributed by atoms with Crippen LogP contribution in [-0.2, 0) is 16.1 Å². The third-order valence-electron chi connectivity index (χ3n) is 6.35. The van der Waals surface area contributed by atoms with Crippen molar-refractivity contribution >= 4 is 11.8 Å². The van der Waals surface area contributed by atoms with Gasteiger partial charge in [-0.25, -0.2) is 4.98 Å². The maximum absolute atomic E-state index is 12.8. The van der Waals surface area contributed by atoms with Gasteiger partial charge in [-0.3, -0.25) is 19.4 Å². The molecule has 2 fully saturated rings. The van der Waals surface area contributed by atoms with Gasteiger partial charge in [0.2, 0.25) is 5.89 Å². The van der Waals surface area contributed by atoms with Gasteiger partial charge in [0, 0.05) is 39.3 Å². The molecule has 0 saturated carbocycles. The Hall–Kier alpha value is -3.36. The smallest absolute Gasteiger partial charge is 0.484 e. The predicted molar refractivity (Wildman–Crippen MR) is 131 cm³/mol. The first-order chi connectivity index (χ1) is 18.7. The van der Waals surface area contributed by atoms with E-state index in [0.29, 0.717) is 13.1 Å². The lowest BCUT2D eigenvalue weighted by Crippen LogP contribution is -2.49. The van der Waals surface area contributed by atoms with Gasteiger partial charge in [0.05, 0.1) is 19.8 Å². The number of amides is 2. The molecule has 2 aromatic rings. The molecule has 11 nitrogen and oxygen atoms in total. The van der Waals surface area contributed by atoms with E-state index in [1.165, 1.54) is 18.4 Å². The zero-order valence-corrected chi connectivity index (χ0v) is 21.5. The molecule has 0 atom stereocenters. The van der Waals surface area contributed by atoms with Gasteiger partial charge in [-0.05, 0) is 43.8 Å². The number of halogens is 3. The minimum atomic E-state index is -4.79. The third-order valence-corrected chi connectivity index (χ3v) is 6.35. The van der Waals surface area contributed by atoms with Crippen LogP contribution in [0.2, 0.25) is 0 Å². The summed E-state index contributed by atoms with van der Waals surface area (Å²) in [5.74, 6) is -0.745. The van der Waals surface area contributed by atoms with E-state index in [4.69, 9.17) is 13.9 Å². The number of benzene rings is 1. The van der Waals surface area contributed by atoms with Crippen molar-refractivity contribution in [3.63, 3.8) is 0 Å². The second kappa shape index (κ2) is 13.6. The van der Waals surface area contributed by atoms with Crippen LogP contribution in [0.25, 0.3) is 0 Å². The summed E-state index contributed by atoms with van der Waals surface area (Å²) in [6.45, 7) is 8.02. The normalized spacial score (nSPS) is 17.2. The Balaban J connectivity index is 1.12. The van der Waals surface area contributed by atoms with Crippen LogP contribution >= 0.6 is 0 Å². The number of ether oxygens (including phenoxy) is 3. The lowest BCUT2D eigenvalue weighted by atomic mass is 10.2. The van der Waals surface area contributed by atoms with E-state index in [1.807, 2.05) is 0 Å². The van der Waals surface area contributed by atoms with Crippen LogP contribution in [0.1, 0.15) is 22.8 Å². The van der Waals surface area contributed by atoms with Crippen LogP contribution in [0.4, 0.5) is 13.2 Å². The second-order valence-corrected chi connectivity index (χ2v) is 9.15. The third kappa shape index (κ3) is 9.41. The minimum absolute atomic E-state index is 0.0508. The van der Waals surface area contributed by atoms with Crippen LogP contribution in [-0.4, -0.2) is 110 Å². The molecule has 1 aromatic heterocycles. The molecule has 2 aliphatic heterocycles. The topological polar surface area (TPSA) is 110 Å². The summed E-state index contributed by atoms with van der Waals surface area (Å²) in [7, 11) is 0. The maximum Gasteiger partial charge on any atom is 0.573 e. The number of carbonyl (C=O) groups excluding carboxylic acids is 2. The Morgan fingerprint density at radius 2 is 1.59 bits per heavy atom. The molecule has 3 heterocycles. The monoisotopic (exact) mass is 555 g/mol. The molecule has 14 heteroatoms. The van der Waals surface area contributed by atoms with Gasteiger partial charge in [0.15, 0.2) is 12.3 Å². The molecular formula is C25H32F3N5O6. The number of hydrogen-bond donors (Lipinski definition) is 1. The molecule has 0 unspecified atom stereocenters. The van der Waals surface area contributed by atoms with Crippen LogP contribution < -0.4 is 14.8 Å². The van der Waals surface area contributed by atoms with Crippen molar-refractivity contribution in [1.82, 2.24) is 25.0 Å². The fourth-order valence-corrected chi connectivity index (χ4v) is 4.28. The molecule has 39 heavy (non-hydrogen) atoms. The molecule has 0 spiro atoms. The van der Waals surface area contributed by atoms with E-state index in [2.05, 4.69) is 24.8 Å². The summed E-state index contributed by atoms with van der Waals surface area (Å²) in [6.07, 6.45) is -2.43. The summed E-state index contributed by atoms with van der Waals surface area (Å²) in [5, 5.41) is 2.56. The standard InChI is InChI=1S/C25H32F3N5O6/c26-25(27,28)39-20-4-2-19(3-5-20)37-18-22(34)29-16-23-30-21(17-38-23)24(35)33-10-8-31(9-11-33)6-1-7-32-12-14-36-15-13-32/h2-5,17H,1,6-16,18H2,(H,29,34). The summed E-state index contributed by atoms with van der Waals surface area (Å²) in [6, 6.07) is 4.68. The highest BCUT2D eigenvalue weighted by atomic mass is 19.4. The fraction of sp³-hybridized carbons (Fsp3) is 0.560. The van der Waals surface area contributed by atoms with Gasteiger partial charge in [0.1, 0.15) is 17.8 Å². The summed E-state index contributed by atoms with van der Waals surface area (Å²) < 4.78 is 56.4. The molecule has 0 radical (unpaired) electrons. The number of hydrogen-bond acceptors (Lipinski definition) is 9. The number of morpholine rings is 1. The molecule has 2 amide bonds. The summed E-state index contributed by atoms with van der Waals surface area (Å²) in [4.78, 5) is 35.6. The minimum Gasteiger partial charge on any atom is -0.484 e. The first kappa shape index (κ1) is 28.6. The maximum atomic E-state index is 12.8. The van der Waals surface area contributed by atoms with Crippen LogP contribution in [0.5, 0.6) is 11.5 Å². The number of carbonyl (C=O) groups is 2. The first-order valence-electron chi connectivity index (χ1n) is 12.8. The number of rotatable bonds is 11. The number of piperazine rings is 1. The Kier molecular flexibility index (Phi) is 10.0. The molecule has 1 N–H and O–H groups in total. The molecule has 0 bridgehead atoms. The van der Waals surface area contributed by atoms with Crippen molar-refractivity contribution in [3.8, 4) is 11.5 Å². The van der Waals surface area contributed by atoms with Crippen molar-refractivity contribution in [2.75, 3.05) is 72.2 Å². The van der Waals surface area contributed by atoms with Crippen molar-refractivity contribution in [1.29, 1.82) is 0 Å². The van der Waals surface area contributed by atoms with E-state index in [-0.39, 0.29) is 36.4 Å². The lowest BCUT2D eigenvalue weighted by Gasteiger charge is -2.35. The van der Waals surface area contributed by atoms with E-state index in [0.717, 1.165) is 71.0 Å². The zero-order chi connectivity index (χ0) is 27.7. The summed E-state index contributed by atoms with van der Waals surface area (Å²) >= 11 is 0. The van der Waals surface area contributed by atoms with Gasteiger partial charge >= 0.3 is 6.36 Å². The van der Waals surface area contributed by atoms with Crippen molar-refractivity contribution in [2.24, 2.45) is 0 Å². The molecule has 0 aliphatic carbocycles. The Labute approximate surface area is 223 Å². The predicted octanol–water partition coefficient (Wildman–Crippen LogP) is 1.75. The van der Waals surface area contributed by atoms with Gasteiger partial charge in [-0.15, -0.1) is 13.2 Å². The number of aromatic nitrogens is 1. The molecule has 214 valence electrons. The zero-order valence-electron chi connectivity index (χ0n) is 21.5. The number of oxazole rings is 1. The highest BCUT2D eigenvalue weighted by Crippen LogP contribution is 2.24. The van der Waals surface area contributed by atoms with Crippen molar-refractivity contribution < 1.29 is 41.4 Å². The largest absolute Gasteiger partial charge is 0.573 e. The Morgan fingerprint density at radius 3 is 2.26 bits per heavy atom. The SMILES string of the molecule is O=C(COc1ccc(OC(F)(F)F)cc1)NCc1nc(C(=O)N2CCN(CCCN3CCOCC3)CC2)co1. The summed E-state index contributed by atoms with van der Waals surface area (Å²) in [5.41, 5.74) is 0.178. The second-order valence-electron chi connectivity index (χ2n) is 9.15. The highest BCUT2D eigenvalue weighted by molar-refractivity contribution is 5.92. The molecule has 2 saturated heterocycles. The molecule has 2 aliphatic rings. The van der Waals surface area contributed by atoms with Crippen LogP contribution in [0, 0.1) is 0 Å². The Morgan fingerprint density at radius 1 is 0.949 bits per heavy atom. The number of nitrogens with one attached hydrogen (secondary N) is 1. The Bertz CT molecular complexity index is 1070. The average molecular weight is 556 g/mol. The highest BCUT2D eigenvalue weighted by Gasteiger charge is 2.31. The van der Waals surface area contributed by atoms with Crippen LogP contribution in [0.15, 0.2) is 34.9 Å². The van der Waals surface area contributed by atoms with Crippen LogP contribution in [0.3, 0.4) is 0 Å². The molecule has 1 aromatic carbocycles. The van der Waals surface area contributed by atoms with E-state index >= 15 is 0 Å². The quantitative estimate of drug-likeness (QED) is 0.444. The lowest BCUT2D eigenvalue weighted by molar-refractivity contribution is -0.274. The van der Waals surface area contributed by atoms with E-state index in [9.17, 15) is 22.8 Å². The number of alkyl halides is 3. The average Bonchev–Trinajstić information content (AvgIpc) is 3.40. The molecule has 4 rings (SSSR count). The first-order valence-corrected chi connectivity index (χ1v) is 12.8. The number of nitrogens with zero attached hydrogens (tertiary/aromatic N) is 4. The molecular weight excluding hydrogens is 523 g/mol. The van der Waals surface area contributed by atoms with Crippen molar-refractivity contribution in [3.05, 3.63) is 42.1 Å². The van der Waals surface area contributed by atoms with Gasteiger partial charge in [0.25, 0.3) is 11.8 Å². The van der Waals surface area contributed by atoms with Crippen molar-refractivity contribution in [2.45, 2.75) is 19.3 Å². The van der Waals surface area contributed by atoms with Gasteiger partial charge < -0.3 is 28.8 Å². The van der Waals surface area contributed by atoms with Gasteiger partial charge in [-0.2, -0.15) is 0 Å². The van der Waals surface area contributed by atoms with Gasteiger partial charge in [-0.1, -0.05) is 0 Å². The van der Waals surface area contributed by atoms with E-state index < -0.39 is 18.0 Å².